The van der Waals surface area contributed by atoms with Gasteiger partial charge in [0.15, 0.2) is 0 Å². The van der Waals surface area contributed by atoms with E-state index < -0.39 is 0 Å². The van der Waals surface area contributed by atoms with E-state index in [9.17, 15) is 4.79 Å². The molecule has 0 unspecified atom stereocenters. The highest BCUT2D eigenvalue weighted by Crippen LogP contribution is 2.35. The van der Waals surface area contributed by atoms with Gasteiger partial charge in [-0.15, -0.1) is 0 Å². The first-order valence-corrected chi connectivity index (χ1v) is 9.56. The van der Waals surface area contributed by atoms with Crippen molar-refractivity contribution in [1.82, 2.24) is 29.9 Å². The zero-order chi connectivity index (χ0) is 19.2. The molecule has 7 nitrogen and oxygen atoms in total. The maximum atomic E-state index is 12.3. The molecule has 0 bridgehead atoms. The number of aryl methyl sites for hydroxylation is 1. The fourth-order valence-electron chi connectivity index (χ4n) is 4.04. The van der Waals surface area contributed by atoms with E-state index >= 15 is 0 Å². The Hall–Kier alpha value is -2.25. The first-order chi connectivity index (χ1) is 13.0. The molecule has 1 N–H and O–H groups in total. The van der Waals surface area contributed by atoms with Crippen LogP contribution in [0.3, 0.4) is 0 Å². The molecular weight excluding hydrogens is 340 g/mol. The van der Waals surface area contributed by atoms with Gasteiger partial charge in [-0.25, -0.2) is 0 Å². The lowest BCUT2D eigenvalue weighted by molar-refractivity contribution is -0.122. The van der Waals surface area contributed by atoms with Crippen molar-refractivity contribution in [2.24, 2.45) is 13.0 Å². The molecule has 1 amide bonds. The third-order valence-corrected chi connectivity index (χ3v) is 5.25. The van der Waals surface area contributed by atoms with Gasteiger partial charge < -0.3 is 5.32 Å². The maximum absolute atomic E-state index is 12.3. The van der Waals surface area contributed by atoms with Gasteiger partial charge in [0.05, 0.1) is 12.7 Å². The number of amides is 1. The second kappa shape index (κ2) is 9.10. The molecule has 3 heterocycles. The third kappa shape index (κ3) is 5.37. The van der Waals surface area contributed by atoms with Gasteiger partial charge >= 0.3 is 0 Å². The molecule has 2 atom stereocenters. The standard InChI is InChI=1S/C20H30N6O/c1-24(15-19(27)22-11-16-6-4-8-21-10-16)13-17-7-5-9-25(2)20(17)18-12-23-26(3)14-18/h4,6,8,10,12,14,17,20H,5,7,9,11,13,15H2,1-3H3,(H,22,27)/t17-,20+/m0/s1. The number of nitrogens with zero attached hydrogens (tertiary/aromatic N) is 5. The summed E-state index contributed by atoms with van der Waals surface area (Å²) >= 11 is 0. The number of aromatic nitrogens is 3. The lowest BCUT2D eigenvalue weighted by atomic mass is 9.86. The van der Waals surface area contributed by atoms with Gasteiger partial charge in [0.1, 0.15) is 0 Å². The zero-order valence-corrected chi connectivity index (χ0v) is 16.5. The number of nitrogens with one attached hydrogen (secondary N) is 1. The van der Waals surface area contributed by atoms with E-state index in [0.717, 1.165) is 18.7 Å². The van der Waals surface area contributed by atoms with Crippen LogP contribution < -0.4 is 5.32 Å². The number of carbonyl (C=O) groups is 1. The Kier molecular flexibility index (Phi) is 6.58. The molecule has 7 heteroatoms. The van der Waals surface area contributed by atoms with Crippen LogP contribution in [0.1, 0.15) is 30.0 Å². The zero-order valence-electron chi connectivity index (χ0n) is 16.5. The largest absolute Gasteiger partial charge is 0.351 e. The highest BCUT2D eigenvalue weighted by Gasteiger charge is 2.32. The molecule has 1 fully saturated rings. The predicted molar refractivity (Wildman–Crippen MR) is 105 cm³/mol. The second-order valence-electron chi connectivity index (χ2n) is 7.61. The Balaban J connectivity index is 1.53. The van der Waals surface area contributed by atoms with Crippen LogP contribution >= 0.6 is 0 Å². The lowest BCUT2D eigenvalue weighted by Gasteiger charge is -2.40. The molecule has 3 rings (SSSR count). The smallest absolute Gasteiger partial charge is 0.234 e. The van der Waals surface area contributed by atoms with Crippen molar-refractivity contribution in [2.45, 2.75) is 25.4 Å². The average molecular weight is 371 g/mol. The summed E-state index contributed by atoms with van der Waals surface area (Å²) in [6.45, 7) is 2.92. The Morgan fingerprint density at radius 1 is 1.37 bits per heavy atom. The lowest BCUT2D eigenvalue weighted by Crippen LogP contribution is -2.43. The highest BCUT2D eigenvalue weighted by atomic mass is 16.2. The number of piperidine rings is 1. The van der Waals surface area contributed by atoms with Crippen molar-refractivity contribution in [3.63, 3.8) is 0 Å². The fraction of sp³-hybridized carbons (Fsp3) is 0.550. The number of hydrogen-bond donors (Lipinski definition) is 1. The molecule has 2 aromatic heterocycles. The van der Waals surface area contributed by atoms with E-state index in [-0.39, 0.29) is 5.91 Å². The third-order valence-electron chi connectivity index (χ3n) is 5.25. The van der Waals surface area contributed by atoms with Crippen LogP contribution in [0.4, 0.5) is 0 Å². The number of likely N-dealkylation sites (tertiary alicyclic amines) is 1. The summed E-state index contributed by atoms with van der Waals surface area (Å²) in [5.41, 5.74) is 2.28. The first kappa shape index (κ1) is 19.5. The summed E-state index contributed by atoms with van der Waals surface area (Å²) in [7, 11) is 6.17. The van der Waals surface area contributed by atoms with Crippen LogP contribution in [-0.4, -0.2) is 64.2 Å². The summed E-state index contributed by atoms with van der Waals surface area (Å²) in [4.78, 5) is 20.9. The SMILES string of the molecule is CN(CC(=O)NCc1cccnc1)C[C@@H]1CCCN(C)[C@H]1c1cnn(C)c1. The van der Waals surface area contributed by atoms with Gasteiger partial charge in [-0.2, -0.15) is 5.10 Å². The van der Waals surface area contributed by atoms with Crippen molar-refractivity contribution >= 4 is 5.91 Å². The quantitative estimate of drug-likeness (QED) is 0.799. The number of pyridine rings is 1. The van der Waals surface area contributed by atoms with Gasteiger partial charge in [-0.3, -0.25) is 24.3 Å². The predicted octanol–water partition coefficient (Wildman–Crippen LogP) is 1.45. The van der Waals surface area contributed by atoms with E-state index in [0.29, 0.717) is 25.0 Å². The Morgan fingerprint density at radius 3 is 2.93 bits per heavy atom. The molecule has 1 aliphatic rings. The van der Waals surface area contributed by atoms with Gasteiger partial charge in [-0.1, -0.05) is 6.07 Å². The molecule has 0 aliphatic carbocycles. The highest BCUT2D eigenvalue weighted by molar-refractivity contribution is 5.77. The van der Waals surface area contributed by atoms with E-state index in [1.54, 1.807) is 12.4 Å². The summed E-state index contributed by atoms with van der Waals surface area (Å²) in [5.74, 6) is 0.535. The molecule has 0 saturated carbocycles. The van der Waals surface area contributed by atoms with Gasteiger partial charge in [0, 0.05) is 50.3 Å². The van der Waals surface area contributed by atoms with Crippen molar-refractivity contribution in [3.8, 4) is 0 Å². The van der Waals surface area contributed by atoms with Crippen LogP contribution in [0, 0.1) is 5.92 Å². The number of rotatable bonds is 7. The normalized spacial score (nSPS) is 20.7. The summed E-state index contributed by atoms with van der Waals surface area (Å²) in [6.07, 6.45) is 9.96. The summed E-state index contributed by atoms with van der Waals surface area (Å²) < 4.78 is 1.87. The van der Waals surface area contributed by atoms with Crippen molar-refractivity contribution in [2.75, 3.05) is 33.7 Å². The molecule has 0 radical (unpaired) electrons. The van der Waals surface area contributed by atoms with E-state index in [1.807, 2.05) is 37.1 Å². The van der Waals surface area contributed by atoms with Crippen molar-refractivity contribution in [1.29, 1.82) is 0 Å². The number of carbonyl (C=O) groups excluding carboxylic acids is 1. The Bertz CT molecular complexity index is 731. The van der Waals surface area contributed by atoms with Crippen LogP contribution in [0.15, 0.2) is 36.9 Å². The van der Waals surface area contributed by atoms with Crippen LogP contribution in [0.25, 0.3) is 0 Å². The first-order valence-electron chi connectivity index (χ1n) is 9.56. The van der Waals surface area contributed by atoms with Crippen LogP contribution in [0.5, 0.6) is 0 Å². The monoisotopic (exact) mass is 370 g/mol. The fourth-order valence-corrected chi connectivity index (χ4v) is 4.04. The molecule has 27 heavy (non-hydrogen) atoms. The van der Waals surface area contributed by atoms with Crippen molar-refractivity contribution < 1.29 is 4.79 Å². The van der Waals surface area contributed by atoms with Crippen LogP contribution in [-0.2, 0) is 18.4 Å². The molecular formula is C20H30N6O. The van der Waals surface area contributed by atoms with E-state index in [4.69, 9.17) is 0 Å². The van der Waals surface area contributed by atoms with Crippen molar-refractivity contribution in [3.05, 3.63) is 48.0 Å². The van der Waals surface area contributed by atoms with E-state index in [1.165, 1.54) is 18.4 Å². The van der Waals surface area contributed by atoms with Gasteiger partial charge in [-0.05, 0) is 51.0 Å². The second-order valence-corrected chi connectivity index (χ2v) is 7.61. The van der Waals surface area contributed by atoms with E-state index in [2.05, 4.69) is 38.4 Å². The maximum Gasteiger partial charge on any atom is 0.234 e. The molecule has 146 valence electrons. The summed E-state index contributed by atoms with van der Waals surface area (Å²) in [6, 6.07) is 4.20. The average Bonchev–Trinajstić information content (AvgIpc) is 3.07. The number of hydrogen-bond acceptors (Lipinski definition) is 5. The molecule has 1 saturated heterocycles. The molecule has 0 spiro atoms. The molecule has 0 aromatic carbocycles. The minimum atomic E-state index is 0.0449. The molecule has 1 aliphatic heterocycles. The minimum Gasteiger partial charge on any atom is -0.351 e. The minimum absolute atomic E-state index is 0.0449. The Morgan fingerprint density at radius 2 is 2.22 bits per heavy atom. The van der Waals surface area contributed by atoms with Gasteiger partial charge in [0.25, 0.3) is 0 Å². The Labute approximate surface area is 161 Å². The molecule has 2 aromatic rings. The number of likely N-dealkylation sites (N-methyl/N-ethyl adjacent to an activating group) is 1. The van der Waals surface area contributed by atoms with Gasteiger partial charge in [0.2, 0.25) is 5.91 Å². The topological polar surface area (TPSA) is 66.3 Å². The summed E-state index contributed by atoms with van der Waals surface area (Å²) in [5, 5.41) is 7.33. The van der Waals surface area contributed by atoms with Crippen LogP contribution in [0.2, 0.25) is 0 Å².